The normalized spacial score (nSPS) is 16.2. The number of thioether (sulfide) groups is 1. The van der Waals surface area contributed by atoms with Gasteiger partial charge in [0.15, 0.2) is 5.17 Å². The van der Waals surface area contributed by atoms with E-state index < -0.39 is 10.2 Å². The van der Waals surface area contributed by atoms with Gasteiger partial charge in [0.25, 0.3) is 11.6 Å². The Bertz CT molecular complexity index is 748. The highest BCUT2D eigenvalue weighted by Crippen LogP contribution is 2.31. The molecule has 0 fully saturated rings. The van der Waals surface area contributed by atoms with E-state index in [-0.39, 0.29) is 29.7 Å². The largest absolute Gasteiger partial charge is 0.494 e. The molecule has 0 aliphatic carbocycles. The quantitative estimate of drug-likeness (QED) is 0.570. The molecule has 26 heavy (non-hydrogen) atoms. The first-order chi connectivity index (χ1) is 12.4. The number of non-ortho nitro benzene ring substituents is 1. The molecule has 0 saturated heterocycles. The van der Waals surface area contributed by atoms with Gasteiger partial charge in [0, 0.05) is 25.6 Å². The van der Waals surface area contributed by atoms with Crippen molar-refractivity contribution in [1.29, 1.82) is 0 Å². The van der Waals surface area contributed by atoms with Crippen molar-refractivity contribution in [2.45, 2.75) is 25.5 Å². The third kappa shape index (κ3) is 4.51. The van der Waals surface area contributed by atoms with Gasteiger partial charge in [-0.05, 0) is 19.9 Å². The van der Waals surface area contributed by atoms with Crippen LogP contribution >= 0.6 is 11.8 Å². The van der Waals surface area contributed by atoms with Crippen molar-refractivity contribution in [2.24, 2.45) is 4.99 Å². The minimum atomic E-state index is -0.574. The fourth-order valence-corrected chi connectivity index (χ4v) is 3.60. The van der Waals surface area contributed by atoms with Crippen LogP contribution in [0.4, 0.5) is 11.4 Å². The van der Waals surface area contributed by atoms with Crippen molar-refractivity contribution in [3.63, 3.8) is 0 Å². The van der Waals surface area contributed by atoms with E-state index in [0.717, 1.165) is 13.1 Å². The van der Waals surface area contributed by atoms with Gasteiger partial charge >= 0.3 is 0 Å². The van der Waals surface area contributed by atoms with Crippen LogP contribution in [0.3, 0.4) is 0 Å². The summed E-state index contributed by atoms with van der Waals surface area (Å²) in [7, 11) is 1.36. The molecular formula is C16H20N4O5S. The number of hydrogen-bond donors (Lipinski definition) is 1. The maximum atomic E-state index is 12.3. The van der Waals surface area contributed by atoms with Gasteiger partial charge in [-0.1, -0.05) is 11.8 Å². The zero-order valence-corrected chi connectivity index (χ0v) is 15.5. The number of anilines is 1. The molecule has 140 valence electrons. The fraction of sp³-hybridized carbons (Fsp3) is 0.438. The maximum Gasteiger partial charge on any atom is 0.273 e. The molecule has 1 heterocycles. The lowest BCUT2D eigenvalue weighted by Gasteiger charge is -2.19. The number of amidine groups is 1. The van der Waals surface area contributed by atoms with Crippen LogP contribution in [0.15, 0.2) is 23.2 Å². The van der Waals surface area contributed by atoms with Crippen LogP contribution in [0.1, 0.15) is 20.3 Å². The van der Waals surface area contributed by atoms with E-state index >= 15 is 0 Å². The van der Waals surface area contributed by atoms with E-state index in [9.17, 15) is 19.7 Å². The number of hydrogen-bond acceptors (Lipinski definition) is 7. The van der Waals surface area contributed by atoms with Gasteiger partial charge in [-0.15, -0.1) is 0 Å². The lowest BCUT2D eigenvalue weighted by molar-refractivity contribution is -0.384. The summed E-state index contributed by atoms with van der Waals surface area (Å²) in [4.78, 5) is 40.6. The molecule has 1 atom stereocenters. The molecule has 10 heteroatoms. The van der Waals surface area contributed by atoms with Gasteiger partial charge in [-0.2, -0.15) is 4.99 Å². The second-order valence-corrected chi connectivity index (χ2v) is 6.58. The number of aliphatic imine (C=N–C) groups is 1. The predicted octanol–water partition coefficient (Wildman–Crippen LogP) is 2.27. The Balaban J connectivity index is 2.02. The Morgan fingerprint density at radius 2 is 2.12 bits per heavy atom. The van der Waals surface area contributed by atoms with E-state index in [1.807, 2.05) is 18.7 Å². The molecule has 0 spiro atoms. The first-order valence-corrected chi connectivity index (χ1v) is 8.93. The van der Waals surface area contributed by atoms with E-state index in [1.54, 1.807) is 0 Å². The van der Waals surface area contributed by atoms with Crippen LogP contribution in [-0.2, 0) is 9.59 Å². The van der Waals surface area contributed by atoms with E-state index in [0.29, 0.717) is 10.9 Å². The summed E-state index contributed by atoms with van der Waals surface area (Å²) in [6, 6.07) is 3.90. The van der Waals surface area contributed by atoms with E-state index in [1.165, 1.54) is 37.1 Å². The summed E-state index contributed by atoms with van der Waals surface area (Å²) >= 11 is 1.28. The number of carbonyl (C=O) groups is 2. The van der Waals surface area contributed by atoms with Gasteiger partial charge in [-0.3, -0.25) is 19.7 Å². The van der Waals surface area contributed by atoms with Gasteiger partial charge in [-0.25, -0.2) is 0 Å². The second-order valence-electron chi connectivity index (χ2n) is 5.41. The van der Waals surface area contributed by atoms with Gasteiger partial charge in [0.1, 0.15) is 11.0 Å². The number of carbonyl (C=O) groups excluding carboxylic acids is 2. The topological polar surface area (TPSA) is 114 Å². The molecule has 1 N–H and O–H groups in total. The van der Waals surface area contributed by atoms with Gasteiger partial charge in [0.05, 0.1) is 23.8 Å². The van der Waals surface area contributed by atoms with Crippen LogP contribution in [0.25, 0.3) is 0 Å². The summed E-state index contributed by atoms with van der Waals surface area (Å²) in [5.41, 5.74) is 0.169. The van der Waals surface area contributed by atoms with Crippen LogP contribution in [0.2, 0.25) is 0 Å². The smallest absolute Gasteiger partial charge is 0.273 e. The summed E-state index contributed by atoms with van der Waals surface area (Å²) in [6.45, 7) is 5.40. The van der Waals surface area contributed by atoms with Crippen molar-refractivity contribution in [3.8, 4) is 5.75 Å². The van der Waals surface area contributed by atoms with Crippen LogP contribution in [0, 0.1) is 10.1 Å². The summed E-state index contributed by atoms with van der Waals surface area (Å²) in [5.74, 6) is -0.542. The Morgan fingerprint density at radius 1 is 1.42 bits per heavy atom. The number of nitrogens with one attached hydrogen (secondary N) is 1. The lowest BCUT2D eigenvalue weighted by Crippen LogP contribution is -2.27. The standard InChI is InChI=1S/C16H20N4O5S/c1-4-19(5-2)16-18-15(22)13(26-16)9-14(21)17-11-7-6-10(20(23)24)8-12(11)25-3/h6-8,13H,4-5,9H2,1-3H3,(H,17,21). The second kappa shape index (κ2) is 8.65. The Hall–Kier alpha value is -2.62. The highest BCUT2D eigenvalue weighted by molar-refractivity contribution is 8.15. The van der Waals surface area contributed by atoms with Gasteiger partial charge < -0.3 is 15.0 Å². The van der Waals surface area contributed by atoms with E-state index in [2.05, 4.69) is 10.3 Å². The molecule has 0 radical (unpaired) electrons. The first kappa shape index (κ1) is 19.7. The Labute approximate surface area is 154 Å². The molecule has 1 aromatic rings. The SMILES string of the molecule is CCN(CC)C1=NC(=O)C(CC(=O)Nc2ccc([N+](=O)[O-])cc2OC)S1. The number of nitrogens with zero attached hydrogens (tertiary/aromatic N) is 3. The van der Waals surface area contributed by atoms with Gasteiger partial charge in [0.2, 0.25) is 5.91 Å². The average molecular weight is 380 g/mol. The third-order valence-electron chi connectivity index (χ3n) is 3.80. The van der Waals surface area contributed by atoms with E-state index in [4.69, 9.17) is 4.74 Å². The zero-order valence-electron chi connectivity index (χ0n) is 14.7. The van der Waals surface area contributed by atoms with Crippen molar-refractivity contribution >= 4 is 40.1 Å². The van der Waals surface area contributed by atoms with Crippen LogP contribution in [-0.4, -0.2) is 52.3 Å². The van der Waals surface area contributed by atoms with Crippen molar-refractivity contribution in [1.82, 2.24) is 4.90 Å². The monoisotopic (exact) mass is 380 g/mol. The minimum Gasteiger partial charge on any atom is -0.494 e. The Morgan fingerprint density at radius 3 is 2.69 bits per heavy atom. The van der Waals surface area contributed by atoms with Crippen molar-refractivity contribution in [3.05, 3.63) is 28.3 Å². The summed E-state index contributed by atoms with van der Waals surface area (Å²) in [5, 5.41) is 13.5. The molecule has 0 saturated carbocycles. The molecule has 9 nitrogen and oxygen atoms in total. The molecule has 1 aliphatic heterocycles. The minimum absolute atomic E-state index is 0.0437. The molecule has 1 unspecified atom stereocenters. The number of amides is 2. The lowest BCUT2D eigenvalue weighted by atomic mass is 10.2. The number of nitro benzene ring substituents is 1. The number of nitro groups is 1. The van der Waals surface area contributed by atoms with Crippen LogP contribution in [0.5, 0.6) is 5.75 Å². The molecule has 0 bridgehead atoms. The fourth-order valence-electron chi connectivity index (χ4n) is 2.40. The number of benzene rings is 1. The first-order valence-electron chi connectivity index (χ1n) is 8.06. The molecular weight excluding hydrogens is 360 g/mol. The number of ether oxygens (including phenoxy) is 1. The summed E-state index contributed by atoms with van der Waals surface area (Å²) < 4.78 is 5.09. The zero-order chi connectivity index (χ0) is 19.3. The highest BCUT2D eigenvalue weighted by Gasteiger charge is 2.32. The molecule has 1 aliphatic rings. The van der Waals surface area contributed by atoms with Crippen molar-refractivity contribution < 1.29 is 19.2 Å². The van der Waals surface area contributed by atoms with Crippen molar-refractivity contribution in [2.75, 3.05) is 25.5 Å². The molecule has 2 rings (SSSR count). The number of methoxy groups -OCH3 is 1. The highest BCUT2D eigenvalue weighted by atomic mass is 32.2. The predicted molar refractivity (Wildman–Crippen MR) is 99.6 cm³/mol. The molecule has 0 aromatic heterocycles. The maximum absolute atomic E-state index is 12.3. The number of rotatable bonds is 7. The summed E-state index contributed by atoms with van der Waals surface area (Å²) in [6.07, 6.45) is -0.0437. The Kier molecular flexibility index (Phi) is 6.56. The molecule has 2 amide bonds. The third-order valence-corrected chi connectivity index (χ3v) is 5.02. The average Bonchev–Trinajstić information content (AvgIpc) is 2.96. The molecule has 1 aromatic carbocycles. The van der Waals surface area contributed by atoms with Crippen LogP contribution < -0.4 is 10.1 Å².